The predicted molar refractivity (Wildman–Crippen MR) is 113 cm³/mol. The Labute approximate surface area is 161 Å². The standard InChI is InChI=1S/C22H28N2OS/c1-7-24(6)14-23-21-12-17(4)20(11-18(21)5)22(25)13-26-19-9-8-15(2)16(3)10-19/h8-12,14H,7,13H2,1-6H3/b23-14-. The molecule has 0 spiro atoms. The van der Waals surface area contributed by atoms with E-state index in [-0.39, 0.29) is 5.78 Å². The van der Waals surface area contributed by atoms with Gasteiger partial charge in [0.2, 0.25) is 0 Å². The van der Waals surface area contributed by atoms with Crippen molar-refractivity contribution in [2.45, 2.75) is 39.5 Å². The van der Waals surface area contributed by atoms with Crippen molar-refractivity contribution in [3.05, 3.63) is 58.1 Å². The average molecular weight is 369 g/mol. The molecule has 0 amide bonds. The summed E-state index contributed by atoms with van der Waals surface area (Å²) in [6.07, 6.45) is 1.83. The molecule has 0 radical (unpaired) electrons. The van der Waals surface area contributed by atoms with E-state index < -0.39 is 0 Å². The summed E-state index contributed by atoms with van der Waals surface area (Å²) < 4.78 is 0. The van der Waals surface area contributed by atoms with Crippen LogP contribution in [0.25, 0.3) is 0 Å². The molecule has 0 bridgehead atoms. The van der Waals surface area contributed by atoms with Crippen molar-refractivity contribution >= 4 is 29.6 Å². The largest absolute Gasteiger partial charge is 0.366 e. The zero-order valence-electron chi connectivity index (χ0n) is 16.6. The first-order valence-corrected chi connectivity index (χ1v) is 9.89. The van der Waals surface area contributed by atoms with Gasteiger partial charge in [-0.25, -0.2) is 4.99 Å². The Balaban J connectivity index is 2.12. The molecule has 4 heteroatoms. The first-order valence-electron chi connectivity index (χ1n) is 8.90. The maximum Gasteiger partial charge on any atom is 0.173 e. The Kier molecular flexibility index (Phi) is 7.04. The van der Waals surface area contributed by atoms with Crippen LogP contribution in [0.3, 0.4) is 0 Å². The Morgan fingerprint density at radius 3 is 2.42 bits per heavy atom. The third-order valence-corrected chi connectivity index (χ3v) is 5.58. The number of hydrogen-bond acceptors (Lipinski definition) is 3. The Hall–Kier alpha value is -2.07. The Morgan fingerprint density at radius 1 is 1.04 bits per heavy atom. The van der Waals surface area contributed by atoms with Gasteiger partial charge in [0.1, 0.15) is 0 Å². The third-order valence-electron chi connectivity index (χ3n) is 4.58. The lowest BCUT2D eigenvalue weighted by Crippen LogP contribution is -2.14. The molecule has 0 aromatic heterocycles. The van der Waals surface area contributed by atoms with E-state index in [1.807, 2.05) is 44.3 Å². The summed E-state index contributed by atoms with van der Waals surface area (Å²) in [6.45, 7) is 11.2. The number of aliphatic imine (C=N–C) groups is 1. The number of thioether (sulfide) groups is 1. The highest BCUT2D eigenvalue weighted by Gasteiger charge is 2.12. The van der Waals surface area contributed by atoms with Crippen LogP contribution in [0.4, 0.5) is 5.69 Å². The lowest BCUT2D eigenvalue weighted by atomic mass is 10.0. The van der Waals surface area contributed by atoms with Gasteiger partial charge in [0, 0.05) is 24.1 Å². The topological polar surface area (TPSA) is 32.7 Å². The van der Waals surface area contributed by atoms with E-state index in [1.165, 1.54) is 11.1 Å². The van der Waals surface area contributed by atoms with Gasteiger partial charge in [-0.1, -0.05) is 6.07 Å². The maximum atomic E-state index is 12.7. The van der Waals surface area contributed by atoms with Gasteiger partial charge in [0.05, 0.1) is 17.8 Å². The molecule has 2 rings (SSSR count). The van der Waals surface area contributed by atoms with Crippen molar-refractivity contribution in [3.8, 4) is 0 Å². The first-order chi connectivity index (χ1) is 12.3. The van der Waals surface area contributed by atoms with E-state index in [9.17, 15) is 4.79 Å². The van der Waals surface area contributed by atoms with Crippen molar-refractivity contribution in [3.63, 3.8) is 0 Å². The molecule has 0 saturated heterocycles. The molecule has 0 atom stereocenters. The van der Waals surface area contributed by atoms with Crippen molar-refractivity contribution in [2.24, 2.45) is 4.99 Å². The molecule has 0 N–H and O–H groups in total. The van der Waals surface area contributed by atoms with Gasteiger partial charge in [-0.3, -0.25) is 4.79 Å². The number of rotatable bonds is 7. The molecule has 2 aromatic carbocycles. The number of benzene rings is 2. The molecular weight excluding hydrogens is 340 g/mol. The van der Waals surface area contributed by atoms with Gasteiger partial charge in [-0.05, 0) is 81.1 Å². The molecule has 0 aliphatic heterocycles. The van der Waals surface area contributed by atoms with E-state index in [0.29, 0.717) is 5.75 Å². The van der Waals surface area contributed by atoms with Crippen LogP contribution < -0.4 is 0 Å². The van der Waals surface area contributed by atoms with Gasteiger partial charge < -0.3 is 4.90 Å². The zero-order chi connectivity index (χ0) is 19.3. The van der Waals surface area contributed by atoms with E-state index in [2.05, 4.69) is 44.0 Å². The molecule has 138 valence electrons. The molecule has 0 heterocycles. The molecule has 26 heavy (non-hydrogen) atoms. The normalized spacial score (nSPS) is 11.2. The van der Waals surface area contributed by atoms with Crippen molar-refractivity contribution in [1.29, 1.82) is 0 Å². The highest BCUT2D eigenvalue weighted by Crippen LogP contribution is 2.26. The third kappa shape index (κ3) is 5.21. The summed E-state index contributed by atoms with van der Waals surface area (Å²) in [5.74, 6) is 0.610. The number of nitrogens with zero attached hydrogens (tertiary/aromatic N) is 2. The van der Waals surface area contributed by atoms with Crippen molar-refractivity contribution in [2.75, 3.05) is 19.3 Å². The molecule has 0 aliphatic rings. The summed E-state index contributed by atoms with van der Waals surface area (Å²) in [5, 5.41) is 0. The second-order valence-electron chi connectivity index (χ2n) is 6.73. The number of ketones is 1. The fraction of sp³-hybridized carbons (Fsp3) is 0.364. The minimum absolute atomic E-state index is 0.162. The minimum atomic E-state index is 0.162. The van der Waals surface area contributed by atoms with Gasteiger partial charge in [-0.15, -0.1) is 11.8 Å². The van der Waals surface area contributed by atoms with Gasteiger partial charge in [0.25, 0.3) is 0 Å². The van der Waals surface area contributed by atoms with Gasteiger partial charge in [0.15, 0.2) is 5.78 Å². The Bertz CT molecular complexity index is 827. The number of carbonyl (C=O) groups is 1. The highest BCUT2D eigenvalue weighted by molar-refractivity contribution is 8.00. The van der Waals surface area contributed by atoms with Crippen molar-refractivity contribution in [1.82, 2.24) is 4.90 Å². The lowest BCUT2D eigenvalue weighted by molar-refractivity contribution is 0.102. The smallest absolute Gasteiger partial charge is 0.173 e. The number of carbonyl (C=O) groups excluding carboxylic acids is 1. The quantitative estimate of drug-likeness (QED) is 0.280. The summed E-state index contributed by atoms with van der Waals surface area (Å²) in [6, 6.07) is 10.3. The van der Waals surface area contributed by atoms with Crippen LogP contribution in [-0.4, -0.2) is 36.4 Å². The van der Waals surface area contributed by atoms with Gasteiger partial charge in [-0.2, -0.15) is 0 Å². The molecular formula is C22H28N2OS. The Morgan fingerprint density at radius 2 is 1.77 bits per heavy atom. The van der Waals surface area contributed by atoms with E-state index in [0.717, 1.165) is 33.8 Å². The molecule has 0 saturated carbocycles. The minimum Gasteiger partial charge on any atom is -0.366 e. The van der Waals surface area contributed by atoms with Crippen LogP contribution in [-0.2, 0) is 0 Å². The highest BCUT2D eigenvalue weighted by atomic mass is 32.2. The van der Waals surface area contributed by atoms with Crippen LogP contribution >= 0.6 is 11.8 Å². The molecule has 3 nitrogen and oxygen atoms in total. The fourth-order valence-electron chi connectivity index (χ4n) is 2.51. The maximum absolute atomic E-state index is 12.7. The zero-order valence-corrected chi connectivity index (χ0v) is 17.4. The monoisotopic (exact) mass is 368 g/mol. The van der Waals surface area contributed by atoms with Crippen LogP contribution in [0.5, 0.6) is 0 Å². The predicted octanol–water partition coefficient (Wildman–Crippen LogP) is 5.51. The summed E-state index contributed by atoms with van der Waals surface area (Å²) in [5.41, 5.74) is 6.25. The molecule has 0 aliphatic carbocycles. The van der Waals surface area contributed by atoms with Crippen LogP contribution in [0, 0.1) is 27.7 Å². The second-order valence-corrected chi connectivity index (χ2v) is 7.78. The second kappa shape index (κ2) is 9.04. The summed E-state index contributed by atoms with van der Waals surface area (Å²) >= 11 is 1.60. The van der Waals surface area contributed by atoms with E-state index in [1.54, 1.807) is 11.8 Å². The van der Waals surface area contributed by atoms with Crippen LogP contribution in [0.15, 0.2) is 40.2 Å². The van der Waals surface area contributed by atoms with Crippen LogP contribution in [0.1, 0.15) is 39.5 Å². The van der Waals surface area contributed by atoms with Gasteiger partial charge >= 0.3 is 0 Å². The average Bonchev–Trinajstić information content (AvgIpc) is 2.62. The first kappa shape index (κ1) is 20.2. The van der Waals surface area contributed by atoms with E-state index in [4.69, 9.17) is 0 Å². The molecule has 0 fully saturated rings. The fourth-order valence-corrected chi connectivity index (χ4v) is 3.39. The SMILES string of the molecule is CCN(C)/C=N\c1cc(C)c(C(=O)CSc2ccc(C)c(C)c2)cc1C. The van der Waals surface area contributed by atoms with Crippen LogP contribution in [0.2, 0.25) is 0 Å². The number of hydrogen-bond donors (Lipinski definition) is 0. The number of Topliss-reactive ketones (excluding diaryl/α,β-unsaturated/α-hetero) is 1. The molecule has 2 aromatic rings. The lowest BCUT2D eigenvalue weighted by Gasteiger charge is -2.11. The number of aryl methyl sites for hydroxylation is 4. The van der Waals surface area contributed by atoms with E-state index >= 15 is 0 Å². The summed E-state index contributed by atoms with van der Waals surface area (Å²) in [7, 11) is 1.99. The molecule has 0 unspecified atom stereocenters. The van der Waals surface area contributed by atoms with Crippen molar-refractivity contribution < 1.29 is 4.79 Å². The summed E-state index contributed by atoms with van der Waals surface area (Å²) in [4.78, 5) is 20.4.